The van der Waals surface area contributed by atoms with Gasteiger partial charge in [0.15, 0.2) is 0 Å². The van der Waals surface area contributed by atoms with Crippen LogP contribution < -0.4 is 15.4 Å². The lowest BCUT2D eigenvalue weighted by molar-refractivity contribution is -0.123. The molecule has 0 aliphatic carbocycles. The maximum atomic E-state index is 12.2. The minimum absolute atomic E-state index is 0. The molecule has 2 N–H and O–H groups in total. The monoisotopic (exact) mass is 435 g/mol. The second kappa shape index (κ2) is 10.7. The van der Waals surface area contributed by atoms with Gasteiger partial charge in [-0.2, -0.15) is 4.98 Å². The molecule has 2 aliphatic heterocycles. The predicted molar refractivity (Wildman–Crippen MR) is 116 cm³/mol. The average Bonchev–Trinajstić information content (AvgIpc) is 3.45. The Morgan fingerprint density at radius 1 is 1.30 bits per heavy atom. The van der Waals surface area contributed by atoms with Crippen molar-refractivity contribution in [1.29, 1.82) is 0 Å². The molecule has 30 heavy (non-hydrogen) atoms. The molecule has 0 bridgehead atoms. The van der Waals surface area contributed by atoms with Crippen molar-refractivity contribution in [3.05, 3.63) is 30.2 Å². The summed E-state index contributed by atoms with van der Waals surface area (Å²) in [7, 11) is 1.64. The van der Waals surface area contributed by atoms with Crippen LogP contribution in [0.25, 0.3) is 11.4 Å². The second-order valence-electron chi connectivity index (χ2n) is 7.88. The third-order valence-corrected chi connectivity index (χ3v) is 5.72. The summed E-state index contributed by atoms with van der Waals surface area (Å²) >= 11 is 0. The first-order chi connectivity index (χ1) is 14.2. The summed E-state index contributed by atoms with van der Waals surface area (Å²) in [5, 5.41) is 10.5. The summed E-state index contributed by atoms with van der Waals surface area (Å²) in [5.74, 6) is 2.61. The molecule has 8 nitrogen and oxygen atoms in total. The molecule has 2 unspecified atom stereocenters. The number of likely N-dealkylation sites (tertiary alicyclic amines) is 1. The standard InChI is InChI=1S/C21H29N5O3.ClH/c1-28-17-8-6-16(7-9-17)20-24-19(29-25-20)14-26-11-3-4-15(13-26)12-23-21(27)18-5-2-10-22-18;/h6-9,15,18,22H,2-5,10-14H2,1H3,(H,23,27);1H. The number of carbonyl (C=O) groups excluding carboxylic acids is 1. The molecule has 2 saturated heterocycles. The van der Waals surface area contributed by atoms with Crippen molar-refractivity contribution in [2.45, 2.75) is 38.3 Å². The third kappa shape index (κ3) is 5.71. The molecule has 164 valence electrons. The molecular formula is C21H30ClN5O3. The molecule has 0 radical (unpaired) electrons. The number of piperidine rings is 1. The Morgan fingerprint density at radius 2 is 2.13 bits per heavy atom. The van der Waals surface area contributed by atoms with Gasteiger partial charge in [0.05, 0.1) is 19.7 Å². The molecule has 9 heteroatoms. The summed E-state index contributed by atoms with van der Waals surface area (Å²) in [6.07, 6.45) is 4.27. The molecule has 1 aromatic carbocycles. The molecular weight excluding hydrogens is 406 g/mol. The highest BCUT2D eigenvalue weighted by atomic mass is 35.5. The maximum absolute atomic E-state index is 12.2. The Hall–Kier alpha value is -2.16. The van der Waals surface area contributed by atoms with Gasteiger partial charge in [0.25, 0.3) is 0 Å². The summed E-state index contributed by atoms with van der Waals surface area (Å²) < 4.78 is 10.7. The van der Waals surface area contributed by atoms with E-state index in [9.17, 15) is 4.79 Å². The fraction of sp³-hybridized carbons (Fsp3) is 0.571. The van der Waals surface area contributed by atoms with Crippen LogP contribution in [0.3, 0.4) is 0 Å². The van der Waals surface area contributed by atoms with Gasteiger partial charge in [0.2, 0.25) is 17.6 Å². The van der Waals surface area contributed by atoms with Crippen LogP contribution in [0.2, 0.25) is 0 Å². The maximum Gasteiger partial charge on any atom is 0.241 e. The van der Waals surface area contributed by atoms with Crippen molar-refractivity contribution in [3.63, 3.8) is 0 Å². The van der Waals surface area contributed by atoms with E-state index in [1.165, 1.54) is 0 Å². The van der Waals surface area contributed by atoms with Crippen LogP contribution in [0.15, 0.2) is 28.8 Å². The number of nitrogens with zero attached hydrogens (tertiary/aromatic N) is 3. The zero-order valence-electron chi connectivity index (χ0n) is 17.3. The highest BCUT2D eigenvalue weighted by molar-refractivity contribution is 5.85. The van der Waals surface area contributed by atoms with Crippen LogP contribution in [-0.2, 0) is 11.3 Å². The lowest BCUT2D eigenvalue weighted by Gasteiger charge is -2.32. The van der Waals surface area contributed by atoms with Crippen LogP contribution >= 0.6 is 12.4 Å². The second-order valence-corrected chi connectivity index (χ2v) is 7.88. The first-order valence-electron chi connectivity index (χ1n) is 10.4. The Labute approximate surface area is 183 Å². The van der Waals surface area contributed by atoms with Gasteiger partial charge in [0.1, 0.15) is 5.75 Å². The van der Waals surface area contributed by atoms with Crippen molar-refractivity contribution in [2.75, 3.05) is 33.3 Å². The van der Waals surface area contributed by atoms with Crippen molar-refractivity contribution < 1.29 is 14.1 Å². The number of halogens is 1. The fourth-order valence-electron chi connectivity index (χ4n) is 4.11. The minimum atomic E-state index is -0.00976. The topological polar surface area (TPSA) is 92.5 Å². The first kappa shape index (κ1) is 22.5. The first-order valence-corrected chi connectivity index (χ1v) is 10.4. The lowest BCUT2D eigenvalue weighted by Crippen LogP contribution is -2.45. The molecule has 0 spiro atoms. The number of aromatic nitrogens is 2. The Morgan fingerprint density at radius 3 is 2.87 bits per heavy atom. The molecule has 2 aromatic rings. The van der Waals surface area contributed by atoms with E-state index in [1.807, 2.05) is 24.3 Å². The summed E-state index contributed by atoms with van der Waals surface area (Å²) in [6, 6.07) is 7.61. The zero-order valence-corrected chi connectivity index (χ0v) is 18.1. The van der Waals surface area contributed by atoms with E-state index in [0.29, 0.717) is 24.2 Å². The number of hydrogen-bond donors (Lipinski definition) is 2. The summed E-state index contributed by atoms with van der Waals surface area (Å²) in [4.78, 5) is 19.1. The number of amides is 1. The molecule has 2 aliphatic rings. The zero-order chi connectivity index (χ0) is 20.1. The molecule has 1 amide bonds. The van der Waals surface area contributed by atoms with Gasteiger partial charge in [-0.3, -0.25) is 9.69 Å². The molecule has 1 aromatic heterocycles. The smallest absolute Gasteiger partial charge is 0.241 e. The van der Waals surface area contributed by atoms with E-state index in [0.717, 1.165) is 63.2 Å². The molecule has 4 rings (SSSR count). The number of carbonyl (C=O) groups is 1. The van der Waals surface area contributed by atoms with Gasteiger partial charge >= 0.3 is 0 Å². The molecule has 2 atom stereocenters. The Balaban J connectivity index is 0.00000256. The number of benzene rings is 1. The predicted octanol–water partition coefficient (Wildman–Crippen LogP) is 2.25. The number of methoxy groups -OCH3 is 1. The highest BCUT2D eigenvalue weighted by Crippen LogP contribution is 2.22. The van der Waals surface area contributed by atoms with E-state index in [2.05, 4.69) is 25.7 Å². The normalized spacial score (nSPS) is 21.8. The number of ether oxygens (including phenoxy) is 1. The molecule has 3 heterocycles. The number of hydrogen-bond acceptors (Lipinski definition) is 7. The van der Waals surface area contributed by atoms with Gasteiger partial charge in [-0.15, -0.1) is 12.4 Å². The molecule has 0 saturated carbocycles. The summed E-state index contributed by atoms with van der Waals surface area (Å²) in [6.45, 7) is 4.25. The van der Waals surface area contributed by atoms with Gasteiger partial charge in [0, 0.05) is 18.7 Å². The van der Waals surface area contributed by atoms with E-state index >= 15 is 0 Å². The van der Waals surface area contributed by atoms with Crippen LogP contribution in [0.1, 0.15) is 31.6 Å². The van der Waals surface area contributed by atoms with Gasteiger partial charge in [-0.1, -0.05) is 5.16 Å². The largest absolute Gasteiger partial charge is 0.497 e. The summed E-state index contributed by atoms with van der Waals surface area (Å²) in [5.41, 5.74) is 0.903. The van der Waals surface area contributed by atoms with Crippen molar-refractivity contribution in [2.24, 2.45) is 5.92 Å². The van der Waals surface area contributed by atoms with Gasteiger partial charge in [-0.25, -0.2) is 0 Å². The Kier molecular flexibility index (Phi) is 8.07. The van der Waals surface area contributed by atoms with Crippen LogP contribution in [0, 0.1) is 5.92 Å². The lowest BCUT2D eigenvalue weighted by atomic mass is 9.98. The average molecular weight is 436 g/mol. The molecule has 2 fully saturated rings. The van der Waals surface area contributed by atoms with Crippen LogP contribution in [0.5, 0.6) is 5.75 Å². The van der Waals surface area contributed by atoms with E-state index in [1.54, 1.807) is 7.11 Å². The van der Waals surface area contributed by atoms with Crippen molar-refractivity contribution in [3.8, 4) is 17.1 Å². The van der Waals surface area contributed by atoms with Crippen molar-refractivity contribution in [1.82, 2.24) is 25.7 Å². The van der Waals surface area contributed by atoms with Gasteiger partial charge in [-0.05, 0) is 69.0 Å². The number of rotatable bonds is 7. The van der Waals surface area contributed by atoms with Crippen LogP contribution in [-0.4, -0.2) is 60.3 Å². The van der Waals surface area contributed by atoms with Gasteiger partial charge < -0.3 is 19.9 Å². The van der Waals surface area contributed by atoms with E-state index in [-0.39, 0.29) is 24.4 Å². The van der Waals surface area contributed by atoms with E-state index < -0.39 is 0 Å². The fourth-order valence-corrected chi connectivity index (χ4v) is 4.11. The van der Waals surface area contributed by atoms with Crippen LogP contribution in [0.4, 0.5) is 0 Å². The SMILES string of the molecule is COc1ccc(-c2noc(CN3CCCC(CNC(=O)C4CCCN4)C3)n2)cc1.Cl. The minimum Gasteiger partial charge on any atom is -0.497 e. The number of nitrogens with one attached hydrogen (secondary N) is 2. The van der Waals surface area contributed by atoms with E-state index in [4.69, 9.17) is 9.26 Å². The highest BCUT2D eigenvalue weighted by Gasteiger charge is 2.25. The Bertz CT molecular complexity index is 807. The third-order valence-electron chi connectivity index (χ3n) is 5.72. The quantitative estimate of drug-likeness (QED) is 0.688. The van der Waals surface area contributed by atoms with Crippen molar-refractivity contribution >= 4 is 18.3 Å².